The second kappa shape index (κ2) is 9.87. The summed E-state index contributed by atoms with van der Waals surface area (Å²) in [6, 6.07) is 12.6. The van der Waals surface area contributed by atoms with Crippen molar-refractivity contribution in [3.63, 3.8) is 0 Å². The van der Waals surface area contributed by atoms with E-state index in [-0.39, 0.29) is 19.1 Å². The van der Waals surface area contributed by atoms with Crippen molar-refractivity contribution in [1.82, 2.24) is 0 Å². The predicted octanol–water partition coefficient (Wildman–Crippen LogP) is 3.34. The van der Waals surface area contributed by atoms with Crippen molar-refractivity contribution in [1.29, 1.82) is 0 Å². The number of aliphatic hydroxyl groups excluding tert-OH is 2. The van der Waals surface area contributed by atoms with Gasteiger partial charge in [0.2, 0.25) is 0 Å². The maximum Gasteiger partial charge on any atom is 0.261 e. The summed E-state index contributed by atoms with van der Waals surface area (Å²) in [6.07, 6.45) is 2.83. The number of nitrogens with zero attached hydrogens (tertiary/aromatic N) is 3. The molecule has 1 amide bonds. The van der Waals surface area contributed by atoms with Gasteiger partial charge in [0.15, 0.2) is 0 Å². The molecule has 0 radical (unpaired) electrons. The standard InChI is InChI=1S/C22H26ClN3O3/c1-16(28)26(21-7-3-2-6-17(21)15-24-10-13-27)22(29)19-9-8-18(14-20(19)23)25-11-4-5-12-25/h2-3,6-9,14-16,27-28H,4-5,10-13H2,1H3. The molecule has 0 spiro atoms. The third-order valence-corrected chi connectivity index (χ3v) is 5.22. The molecule has 29 heavy (non-hydrogen) atoms. The third kappa shape index (κ3) is 4.96. The Balaban J connectivity index is 1.93. The van der Waals surface area contributed by atoms with Crippen molar-refractivity contribution >= 4 is 35.1 Å². The topological polar surface area (TPSA) is 76.4 Å². The van der Waals surface area contributed by atoms with Crippen LogP contribution in [0, 0.1) is 0 Å². The van der Waals surface area contributed by atoms with Crippen molar-refractivity contribution in [3.05, 3.63) is 58.6 Å². The second-order valence-corrected chi connectivity index (χ2v) is 7.39. The van der Waals surface area contributed by atoms with Crippen molar-refractivity contribution in [2.45, 2.75) is 26.0 Å². The Morgan fingerprint density at radius 3 is 2.66 bits per heavy atom. The van der Waals surface area contributed by atoms with Gasteiger partial charge < -0.3 is 15.1 Å². The van der Waals surface area contributed by atoms with Crippen molar-refractivity contribution in [2.75, 3.05) is 36.0 Å². The number of para-hydroxylation sites is 1. The molecular formula is C22H26ClN3O3. The fourth-order valence-electron chi connectivity index (χ4n) is 3.50. The molecule has 3 rings (SSSR count). The molecule has 0 aromatic heterocycles. The van der Waals surface area contributed by atoms with Crippen LogP contribution >= 0.6 is 11.6 Å². The number of carbonyl (C=O) groups excluding carboxylic acids is 1. The van der Waals surface area contributed by atoms with E-state index in [2.05, 4.69) is 9.89 Å². The molecule has 154 valence electrons. The number of aliphatic imine (C=N–C) groups is 1. The highest BCUT2D eigenvalue weighted by Crippen LogP contribution is 2.30. The highest BCUT2D eigenvalue weighted by Gasteiger charge is 2.26. The van der Waals surface area contributed by atoms with Crippen LogP contribution in [0.4, 0.5) is 11.4 Å². The van der Waals surface area contributed by atoms with E-state index in [1.54, 1.807) is 30.5 Å². The van der Waals surface area contributed by atoms with Crippen molar-refractivity contribution in [2.24, 2.45) is 4.99 Å². The van der Waals surface area contributed by atoms with Gasteiger partial charge in [-0.15, -0.1) is 0 Å². The average Bonchev–Trinajstić information content (AvgIpc) is 3.24. The normalized spacial score (nSPS) is 15.1. The van der Waals surface area contributed by atoms with Crippen molar-refractivity contribution < 1.29 is 15.0 Å². The fourth-order valence-corrected chi connectivity index (χ4v) is 3.75. The zero-order chi connectivity index (χ0) is 20.8. The number of rotatable bonds is 7. The largest absolute Gasteiger partial charge is 0.394 e. The molecule has 6 nitrogen and oxygen atoms in total. The Morgan fingerprint density at radius 1 is 1.28 bits per heavy atom. The Bertz CT molecular complexity index is 879. The molecule has 2 aromatic rings. The van der Waals surface area contributed by atoms with Gasteiger partial charge in [-0.2, -0.15) is 0 Å². The number of hydrogen-bond acceptors (Lipinski definition) is 5. The highest BCUT2D eigenvalue weighted by atomic mass is 35.5. The van der Waals surface area contributed by atoms with Gasteiger partial charge in [0, 0.05) is 30.6 Å². The molecule has 7 heteroatoms. The van der Waals surface area contributed by atoms with Crippen LogP contribution in [0.2, 0.25) is 5.02 Å². The Labute approximate surface area is 176 Å². The zero-order valence-corrected chi connectivity index (χ0v) is 17.2. The summed E-state index contributed by atoms with van der Waals surface area (Å²) >= 11 is 6.47. The Hall–Kier alpha value is -2.41. The fraction of sp³-hybridized carbons (Fsp3) is 0.364. The van der Waals surface area contributed by atoms with Crippen LogP contribution in [0.1, 0.15) is 35.7 Å². The molecule has 0 bridgehead atoms. The van der Waals surface area contributed by atoms with Crippen LogP contribution in [-0.2, 0) is 0 Å². The maximum absolute atomic E-state index is 13.3. The monoisotopic (exact) mass is 415 g/mol. The smallest absolute Gasteiger partial charge is 0.261 e. The molecule has 1 unspecified atom stereocenters. The molecule has 1 atom stereocenters. The van der Waals surface area contributed by atoms with E-state index < -0.39 is 6.23 Å². The van der Waals surface area contributed by atoms with E-state index in [1.165, 1.54) is 11.8 Å². The van der Waals surface area contributed by atoms with Gasteiger partial charge in [0.25, 0.3) is 5.91 Å². The number of hydrogen-bond donors (Lipinski definition) is 2. The van der Waals surface area contributed by atoms with Gasteiger partial charge in [-0.3, -0.25) is 14.7 Å². The first-order chi connectivity index (χ1) is 14.0. The summed E-state index contributed by atoms with van der Waals surface area (Å²) in [5, 5.41) is 19.7. The van der Waals surface area contributed by atoms with E-state index in [1.807, 2.05) is 18.2 Å². The average molecular weight is 416 g/mol. The van der Waals surface area contributed by atoms with Crippen LogP contribution in [0.3, 0.4) is 0 Å². The van der Waals surface area contributed by atoms with E-state index >= 15 is 0 Å². The maximum atomic E-state index is 13.3. The van der Waals surface area contributed by atoms with Crippen LogP contribution in [0.15, 0.2) is 47.5 Å². The van der Waals surface area contributed by atoms with Crippen LogP contribution in [0.25, 0.3) is 0 Å². The van der Waals surface area contributed by atoms with Gasteiger partial charge in [-0.25, -0.2) is 0 Å². The lowest BCUT2D eigenvalue weighted by Crippen LogP contribution is -2.39. The molecule has 0 aliphatic carbocycles. The summed E-state index contributed by atoms with van der Waals surface area (Å²) in [4.78, 5) is 21.0. The quantitative estimate of drug-likeness (QED) is 0.537. The highest BCUT2D eigenvalue weighted by molar-refractivity contribution is 6.35. The van der Waals surface area contributed by atoms with E-state index in [4.69, 9.17) is 16.7 Å². The molecule has 0 saturated carbocycles. The zero-order valence-electron chi connectivity index (χ0n) is 16.5. The number of aliphatic hydroxyl groups is 2. The minimum Gasteiger partial charge on any atom is -0.394 e. The van der Waals surface area contributed by atoms with E-state index in [0.717, 1.165) is 31.6 Å². The number of carbonyl (C=O) groups is 1. The first-order valence-corrected chi connectivity index (χ1v) is 10.2. The first-order valence-electron chi connectivity index (χ1n) is 9.78. The Morgan fingerprint density at radius 2 is 2.00 bits per heavy atom. The minimum atomic E-state index is -1.07. The minimum absolute atomic E-state index is 0.0588. The Kier molecular flexibility index (Phi) is 7.25. The number of amides is 1. The van der Waals surface area contributed by atoms with Crippen LogP contribution in [0.5, 0.6) is 0 Å². The SMILES string of the molecule is CC(O)N(C(=O)c1ccc(N2CCCC2)cc1Cl)c1ccccc1C=NCCO. The second-order valence-electron chi connectivity index (χ2n) is 6.98. The number of anilines is 2. The predicted molar refractivity (Wildman–Crippen MR) is 117 cm³/mol. The molecule has 2 aromatic carbocycles. The van der Waals surface area contributed by atoms with Gasteiger partial charge in [-0.05, 0) is 44.0 Å². The lowest BCUT2D eigenvalue weighted by molar-refractivity contribution is 0.0907. The third-order valence-electron chi connectivity index (χ3n) is 4.90. The van der Waals surface area contributed by atoms with Gasteiger partial charge >= 0.3 is 0 Å². The van der Waals surface area contributed by atoms with Crippen LogP contribution < -0.4 is 9.80 Å². The van der Waals surface area contributed by atoms with E-state index in [9.17, 15) is 9.90 Å². The van der Waals surface area contributed by atoms with Gasteiger partial charge in [0.05, 0.1) is 29.4 Å². The van der Waals surface area contributed by atoms with Crippen molar-refractivity contribution in [3.8, 4) is 0 Å². The molecule has 2 N–H and O–H groups in total. The number of benzene rings is 2. The molecule has 1 heterocycles. The lowest BCUT2D eigenvalue weighted by atomic mass is 10.1. The van der Waals surface area contributed by atoms with Gasteiger partial charge in [-0.1, -0.05) is 29.8 Å². The molecule has 1 saturated heterocycles. The summed E-state index contributed by atoms with van der Waals surface area (Å²) in [7, 11) is 0. The summed E-state index contributed by atoms with van der Waals surface area (Å²) in [5.74, 6) is -0.388. The van der Waals surface area contributed by atoms with Crippen LogP contribution in [-0.4, -0.2) is 54.8 Å². The first kappa shape index (κ1) is 21.3. The molecule has 1 aliphatic heterocycles. The molecule has 1 aliphatic rings. The summed E-state index contributed by atoms with van der Waals surface area (Å²) in [6.45, 7) is 3.72. The lowest BCUT2D eigenvalue weighted by Gasteiger charge is -2.28. The summed E-state index contributed by atoms with van der Waals surface area (Å²) < 4.78 is 0. The van der Waals surface area contributed by atoms with E-state index in [0.29, 0.717) is 21.8 Å². The van der Waals surface area contributed by atoms with Gasteiger partial charge in [0.1, 0.15) is 6.23 Å². The number of halogens is 1. The molecular weight excluding hydrogens is 390 g/mol. The summed E-state index contributed by atoms with van der Waals surface area (Å²) in [5.41, 5.74) is 2.52. The molecule has 1 fully saturated rings.